The molecule has 1 aliphatic heterocycles. The van der Waals surface area contributed by atoms with Crippen molar-refractivity contribution >= 4 is 29.3 Å². The van der Waals surface area contributed by atoms with Crippen LogP contribution in [0.5, 0.6) is 5.75 Å². The molecule has 1 aliphatic rings. The minimum absolute atomic E-state index is 0.168. The Hall–Kier alpha value is -1.39. The third-order valence-electron chi connectivity index (χ3n) is 3.11. The maximum atomic E-state index is 12.3. The Balaban J connectivity index is 1.69. The fourth-order valence-corrected chi connectivity index (χ4v) is 4.92. The zero-order chi connectivity index (χ0) is 13.9. The highest BCUT2D eigenvalue weighted by atomic mass is 32.2. The van der Waals surface area contributed by atoms with Crippen LogP contribution in [0.2, 0.25) is 0 Å². The van der Waals surface area contributed by atoms with Gasteiger partial charge in [-0.1, -0.05) is 24.3 Å². The summed E-state index contributed by atoms with van der Waals surface area (Å²) in [7, 11) is 1.61. The summed E-state index contributed by atoms with van der Waals surface area (Å²) < 4.78 is 5.43. The van der Waals surface area contributed by atoms with Gasteiger partial charge in [-0.25, -0.2) is 0 Å². The van der Waals surface area contributed by atoms with Crippen LogP contribution in [0.4, 0.5) is 0 Å². The van der Waals surface area contributed by atoms with Crippen molar-refractivity contribution in [1.82, 2.24) is 0 Å². The fourth-order valence-electron chi connectivity index (χ4n) is 2.10. The topological polar surface area (TPSA) is 26.3 Å². The maximum Gasteiger partial charge on any atom is 0.164 e. The van der Waals surface area contributed by atoms with E-state index in [1.54, 1.807) is 36.7 Å². The predicted molar refractivity (Wildman–Crippen MR) is 83.9 cm³/mol. The summed E-state index contributed by atoms with van der Waals surface area (Å²) in [4.78, 5) is 14.9. The molecule has 0 unspecified atom stereocenters. The molecule has 0 saturated heterocycles. The van der Waals surface area contributed by atoms with E-state index in [9.17, 15) is 4.79 Å². The Bertz CT molecular complexity index is 615. The number of Topliss-reactive ketones (excluding diaryl/α,β-unsaturated/α-hetero) is 1. The van der Waals surface area contributed by atoms with Gasteiger partial charge in [0.1, 0.15) is 5.75 Å². The Morgan fingerprint density at radius 1 is 1.10 bits per heavy atom. The van der Waals surface area contributed by atoms with Crippen LogP contribution in [0.3, 0.4) is 0 Å². The van der Waals surface area contributed by atoms with Gasteiger partial charge in [0.05, 0.1) is 11.7 Å². The molecule has 2 aromatic rings. The SMILES string of the molecule is COc1cccc(C(=O)CC2Sc3ccccc3S2)c1. The van der Waals surface area contributed by atoms with Crippen molar-refractivity contribution < 1.29 is 9.53 Å². The summed E-state index contributed by atoms with van der Waals surface area (Å²) in [6.45, 7) is 0. The number of carbonyl (C=O) groups excluding carboxylic acids is 1. The maximum absolute atomic E-state index is 12.3. The van der Waals surface area contributed by atoms with E-state index in [2.05, 4.69) is 12.1 Å². The molecule has 3 rings (SSSR count). The summed E-state index contributed by atoms with van der Waals surface area (Å²) in [5.74, 6) is 0.896. The van der Waals surface area contributed by atoms with Crippen LogP contribution in [-0.2, 0) is 0 Å². The van der Waals surface area contributed by atoms with Gasteiger partial charge in [0.25, 0.3) is 0 Å². The van der Waals surface area contributed by atoms with E-state index in [4.69, 9.17) is 4.74 Å². The number of fused-ring (bicyclic) bond motifs is 1. The number of thioether (sulfide) groups is 2. The van der Waals surface area contributed by atoms with Gasteiger partial charge in [-0.3, -0.25) is 4.79 Å². The van der Waals surface area contributed by atoms with Crippen LogP contribution >= 0.6 is 23.5 Å². The van der Waals surface area contributed by atoms with Gasteiger partial charge in [-0.15, -0.1) is 23.5 Å². The lowest BCUT2D eigenvalue weighted by Crippen LogP contribution is -2.05. The number of benzene rings is 2. The normalized spacial score (nSPS) is 14.1. The molecule has 1 heterocycles. The van der Waals surface area contributed by atoms with Crippen molar-refractivity contribution in [2.24, 2.45) is 0 Å². The molecule has 0 N–H and O–H groups in total. The van der Waals surface area contributed by atoms with Crippen molar-refractivity contribution in [2.45, 2.75) is 20.8 Å². The van der Waals surface area contributed by atoms with Crippen molar-refractivity contribution in [3.05, 3.63) is 54.1 Å². The molecule has 0 fully saturated rings. The zero-order valence-corrected chi connectivity index (χ0v) is 12.7. The molecule has 20 heavy (non-hydrogen) atoms. The Morgan fingerprint density at radius 3 is 2.45 bits per heavy atom. The minimum atomic E-state index is 0.168. The van der Waals surface area contributed by atoms with Crippen LogP contribution in [0, 0.1) is 0 Å². The Labute approximate surface area is 126 Å². The Kier molecular flexibility index (Phi) is 4.03. The standard InChI is InChI=1S/C16H14O2S2/c1-18-12-6-4-5-11(9-12)13(17)10-16-19-14-7-2-3-8-15(14)20-16/h2-9,16H,10H2,1H3. The fraction of sp³-hybridized carbons (Fsp3) is 0.188. The highest BCUT2D eigenvalue weighted by Gasteiger charge is 2.25. The summed E-state index contributed by atoms with van der Waals surface area (Å²) in [5, 5.41) is 0. The lowest BCUT2D eigenvalue weighted by Gasteiger charge is -2.07. The van der Waals surface area contributed by atoms with Gasteiger partial charge in [0, 0.05) is 21.8 Å². The van der Waals surface area contributed by atoms with Crippen molar-refractivity contribution in [1.29, 1.82) is 0 Å². The van der Waals surface area contributed by atoms with Gasteiger partial charge in [-0.05, 0) is 24.3 Å². The predicted octanol–water partition coefficient (Wildman–Crippen LogP) is 4.49. The first kappa shape index (κ1) is 13.6. The zero-order valence-electron chi connectivity index (χ0n) is 11.0. The first-order chi connectivity index (χ1) is 9.76. The second-order valence-electron chi connectivity index (χ2n) is 4.47. The number of ketones is 1. The van der Waals surface area contributed by atoms with E-state index in [0.717, 1.165) is 11.3 Å². The average molecular weight is 302 g/mol. The second kappa shape index (κ2) is 5.94. The summed E-state index contributed by atoms with van der Waals surface area (Å²) in [6.07, 6.45) is 0.539. The molecule has 102 valence electrons. The number of hydrogen-bond acceptors (Lipinski definition) is 4. The van der Waals surface area contributed by atoms with E-state index in [0.29, 0.717) is 6.42 Å². The Morgan fingerprint density at radius 2 is 1.80 bits per heavy atom. The number of ether oxygens (including phenoxy) is 1. The second-order valence-corrected chi connectivity index (χ2v) is 7.26. The lowest BCUT2D eigenvalue weighted by molar-refractivity contribution is 0.0987. The summed E-state index contributed by atoms with van der Waals surface area (Å²) >= 11 is 3.56. The van der Waals surface area contributed by atoms with E-state index < -0.39 is 0 Å². The first-order valence-electron chi connectivity index (χ1n) is 6.36. The highest BCUT2D eigenvalue weighted by Crippen LogP contribution is 2.49. The largest absolute Gasteiger partial charge is 0.497 e. The molecule has 0 bridgehead atoms. The minimum Gasteiger partial charge on any atom is -0.497 e. The molecule has 0 saturated carbocycles. The van der Waals surface area contributed by atoms with E-state index in [1.807, 2.05) is 30.3 Å². The molecule has 0 aliphatic carbocycles. The highest BCUT2D eigenvalue weighted by molar-refractivity contribution is 8.19. The third kappa shape index (κ3) is 2.86. The van der Waals surface area contributed by atoms with Crippen molar-refractivity contribution in [3.8, 4) is 5.75 Å². The van der Waals surface area contributed by atoms with Crippen LogP contribution in [0.1, 0.15) is 16.8 Å². The van der Waals surface area contributed by atoms with Crippen molar-refractivity contribution in [3.63, 3.8) is 0 Å². The number of carbonyl (C=O) groups is 1. The lowest BCUT2D eigenvalue weighted by atomic mass is 10.1. The van der Waals surface area contributed by atoms with Gasteiger partial charge in [0.15, 0.2) is 5.78 Å². The molecular formula is C16H14O2S2. The van der Waals surface area contributed by atoms with E-state index in [-0.39, 0.29) is 10.4 Å². The molecule has 0 aromatic heterocycles. The first-order valence-corrected chi connectivity index (χ1v) is 8.12. The monoisotopic (exact) mass is 302 g/mol. The van der Waals surface area contributed by atoms with Gasteiger partial charge in [0.2, 0.25) is 0 Å². The number of hydrogen-bond donors (Lipinski definition) is 0. The number of methoxy groups -OCH3 is 1. The molecule has 0 spiro atoms. The van der Waals surface area contributed by atoms with Crippen LogP contribution in [0.15, 0.2) is 58.3 Å². The quantitative estimate of drug-likeness (QED) is 0.777. The van der Waals surface area contributed by atoms with Gasteiger partial charge >= 0.3 is 0 Å². The van der Waals surface area contributed by atoms with Crippen molar-refractivity contribution in [2.75, 3.05) is 7.11 Å². The van der Waals surface area contributed by atoms with E-state index >= 15 is 0 Å². The van der Waals surface area contributed by atoms with Crippen LogP contribution < -0.4 is 4.74 Å². The average Bonchev–Trinajstić information content (AvgIpc) is 2.89. The van der Waals surface area contributed by atoms with E-state index in [1.165, 1.54) is 9.79 Å². The van der Waals surface area contributed by atoms with Gasteiger partial charge < -0.3 is 4.74 Å². The molecular weight excluding hydrogens is 288 g/mol. The molecule has 2 nitrogen and oxygen atoms in total. The summed E-state index contributed by atoms with van der Waals surface area (Å²) in [6, 6.07) is 15.7. The van der Waals surface area contributed by atoms with Crippen LogP contribution in [-0.4, -0.2) is 17.5 Å². The van der Waals surface area contributed by atoms with Gasteiger partial charge in [-0.2, -0.15) is 0 Å². The molecule has 4 heteroatoms. The smallest absolute Gasteiger partial charge is 0.164 e. The number of rotatable bonds is 4. The molecule has 0 amide bonds. The molecule has 2 aromatic carbocycles. The third-order valence-corrected chi connectivity index (χ3v) is 5.90. The van der Waals surface area contributed by atoms with Crippen LogP contribution in [0.25, 0.3) is 0 Å². The summed E-state index contributed by atoms with van der Waals surface area (Å²) in [5.41, 5.74) is 0.724. The molecule has 0 radical (unpaired) electrons. The molecule has 0 atom stereocenters.